The van der Waals surface area contributed by atoms with Crippen LogP contribution in [0.1, 0.15) is 12.8 Å². The van der Waals surface area contributed by atoms with Crippen LogP contribution < -0.4 is 14.8 Å². The topological polar surface area (TPSA) is 50.8 Å². The number of amides is 1. The fourth-order valence-corrected chi connectivity index (χ4v) is 2.75. The maximum Gasteiger partial charge on any atom is 0.228 e. The zero-order chi connectivity index (χ0) is 13.9. The minimum Gasteiger partial charge on any atom is -0.486 e. The van der Waals surface area contributed by atoms with Gasteiger partial charge in [-0.3, -0.25) is 4.79 Å². The van der Waals surface area contributed by atoms with E-state index < -0.39 is 0 Å². The van der Waals surface area contributed by atoms with Crippen molar-refractivity contribution in [1.82, 2.24) is 4.90 Å². The smallest absolute Gasteiger partial charge is 0.228 e. The van der Waals surface area contributed by atoms with Gasteiger partial charge in [-0.1, -0.05) is 0 Å². The molecule has 1 aromatic carbocycles. The highest BCUT2D eigenvalue weighted by atomic mass is 16.6. The van der Waals surface area contributed by atoms with Crippen LogP contribution in [0.3, 0.4) is 0 Å². The summed E-state index contributed by atoms with van der Waals surface area (Å²) in [7, 11) is 2.06. The maximum absolute atomic E-state index is 12.3. The van der Waals surface area contributed by atoms with Gasteiger partial charge >= 0.3 is 0 Å². The molecule has 1 fully saturated rings. The van der Waals surface area contributed by atoms with Crippen LogP contribution in [-0.4, -0.2) is 44.2 Å². The zero-order valence-electron chi connectivity index (χ0n) is 11.7. The van der Waals surface area contributed by atoms with Crippen LogP contribution in [-0.2, 0) is 4.79 Å². The molecule has 1 aromatic rings. The van der Waals surface area contributed by atoms with E-state index in [0.29, 0.717) is 19.0 Å². The predicted molar refractivity (Wildman–Crippen MR) is 76.3 cm³/mol. The van der Waals surface area contributed by atoms with Gasteiger partial charge < -0.3 is 19.7 Å². The largest absolute Gasteiger partial charge is 0.486 e. The van der Waals surface area contributed by atoms with Gasteiger partial charge in [0, 0.05) is 18.3 Å². The maximum atomic E-state index is 12.3. The monoisotopic (exact) mass is 276 g/mol. The van der Waals surface area contributed by atoms with E-state index in [2.05, 4.69) is 17.3 Å². The first-order chi connectivity index (χ1) is 9.72. The highest BCUT2D eigenvalue weighted by Gasteiger charge is 2.24. The standard InChI is InChI=1S/C15H20N2O3/c1-17-6-2-3-11(10-17)15(18)16-12-4-5-13-14(9-12)20-8-7-19-13/h4-5,9,11H,2-3,6-8,10H2,1H3,(H,16,18). The van der Waals surface area contributed by atoms with Crippen LogP contribution in [0.15, 0.2) is 18.2 Å². The first kappa shape index (κ1) is 13.2. The van der Waals surface area contributed by atoms with E-state index in [1.807, 2.05) is 18.2 Å². The van der Waals surface area contributed by atoms with Gasteiger partial charge in [-0.25, -0.2) is 0 Å². The number of hydrogen-bond acceptors (Lipinski definition) is 4. The molecule has 1 saturated heterocycles. The Labute approximate surface area is 118 Å². The van der Waals surface area contributed by atoms with E-state index in [-0.39, 0.29) is 11.8 Å². The molecule has 1 amide bonds. The van der Waals surface area contributed by atoms with E-state index in [0.717, 1.165) is 37.4 Å². The third kappa shape index (κ3) is 2.88. The molecule has 1 N–H and O–H groups in total. The molecule has 2 aliphatic heterocycles. The molecule has 1 atom stereocenters. The summed E-state index contributed by atoms with van der Waals surface area (Å²) in [4.78, 5) is 14.5. The van der Waals surface area contributed by atoms with Gasteiger partial charge in [-0.05, 0) is 38.6 Å². The van der Waals surface area contributed by atoms with Crippen molar-refractivity contribution in [2.75, 3.05) is 38.7 Å². The zero-order valence-corrected chi connectivity index (χ0v) is 11.7. The Morgan fingerprint density at radius 3 is 2.90 bits per heavy atom. The van der Waals surface area contributed by atoms with Crippen molar-refractivity contribution in [1.29, 1.82) is 0 Å². The molecule has 5 heteroatoms. The number of ether oxygens (including phenoxy) is 2. The summed E-state index contributed by atoms with van der Waals surface area (Å²) in [5.41, 5.74) is 0.771. The Morgan fingerprint density at radius 2 is 2.10 bits per heavy atom. The van der Waals surface area contributed by atoms with E-state index >= 15 is 0 Å². The van der Waals surface area contributed by atoms with Gasteiger partial charge in [-0.15, -0.1) is 0 Å². The quantitative estimate of drug-likeness (QED) is 0.894. The number of hydrogen-bond donors (Lipinski definition) is 1. The average Bonchev–Trinajstić information content (AvgIpc) is 2.47. The van der Waals surface area contributed by atoms with Crippen molar-refractivity contribution < 1.29 is 14.3 Å². The van der Waals surface area contributed by atoms with Crippen LogP contribution in [0.25, 0.3) is 0 Å². The van der Waals surface area contributed by atoms with Crippen molar-refractivity contribution in [3.8, 4) is 11.5 Å². The molecule has 0 saturated carbocycles. The molecule has 0 bridgehead atoms. The number of carbonyl (C=O) groups excluding carboxylic acids is 1. The minimum absolute atomic E-state index is 0.0713. The second kappa shape index (κ2) is 5.71. The summed E-state index contributed by atoms with van der Waals surface area (Å²) >= 11 is 0. The number of rotatable bonds is 2. The van der Waals surface area contributed by atoms with Gasteiger partial charge in [0.25, 0.3) is 0 Å². The second-order valence-corrected chi connectivity index (χ2v) is 5.45. The summed E-state index contributed by atoms with van der Waals surface area (Å²) in [6.45, 7) is 3.04. The minimum atomic E-state index is 0.0713. The van der Waals surface area contributed by atoms with Gasteiger partial charge in [0.05, 0.1) is 5.92 Å². The first-order valence-electron chi connectivity index (χ1n) is 7.11. The molecule has 5 nitrogen and oxygen atoms in total. The lowest BCUT2D eigenvalue weighted by Crippen LogP contribution is -2.38. The molecule has 0 radical (unpaired) electrons. The normalized spacial score (nSPS) is 22.4. The summed E-state index contributed by atoms with van der Waals surface area (Å²) < 4.78 is 11.0. The van der Waals surface area contributed by atoms with E-state index in [1.165, 1.54) is 0 Å². The predicted octanol–water partition coefficient (Wildman–Crippen LogP) is 1.74. The summed E-state index contributed by atoms with van der Waals surface area (Å²) in [5, 5.41) is 2.98. The lowest BCUT2D eigenvalue weighted by molar-refractivity contribution is -0.121. The lowest BCUT2D eigenvalue weighted by atomic mass is 9.97. The van der Waals surface area contributed by atoms with Crippen LogP contribution in [0, 0.1) is 5.92 Å². The van der Waals surface area contributed by atoms with E-state index in [1.54, 1.807) is 0 Å². The van der Waals surface area contributed by atoms with Crippen molar-refractivity contribution in [2.45, 2.75) is 12.8 Å². The Kier molecular flexibility index (Phi) is 3.78. The average molecular weight is 276 g/mol. The second-order valence-electron chi connectivity index (χ2n) is 5.45. The summed E-state index contributed by atoms with van der Waals surface area (Å²) in [6.07, 6.45) is 2.04. The van der Waals surface area contributed by atoms with Gasteiger partial charge in [0.1, 0.15) is 13.2 Å². The molecule has 2 aliphatic rings. The van der Waals surface area contributed by atoms with Crippen LogP contribution >= 0.6 is 0 Å². The third-order valence-electron chi connectivity index (χ3n) is 3.80. The van der Waals surface area contributed by atoms with Gasteiger partial charge in [0.15, 0.2) is 11.5 Å². The third-order valence-corrected chi connectivity index (χ3v) is 3.80. The Morgan fingerprint density at radius 1 is 1.30 bits per heavy atom. The first-order valence-corrected chi connectivity index (χ1v) is 7.11. The highest BCUT2D eigenvalue weighted by molar-refractivity contribution is 5.93. The Balaban J connectivity index is 1.66. The van der Waals surface area contributed by atoms with E-state index in [9.17, 15) is 4.79 Å². The molecule has 3 rings (SSSR count). The molecular weight excluding hydrogens is 256 g/mol. The number of carbonyl (C=O) groups is 1. The molecule has 2 heterocycles. The van der Waals surface area contributed by atoms with Crippen molar-refractivity contribution in [3.63, 3.8) is 0 Å². The number of fused-ring (bicyclic) bond motifs is 1. The Hall–Kier alpha value is -1.75. The molecule has 0 spiro atoms. The number of benzene rings is 1. The van der Waals surface area contributed by atoms with Crippen LogP contribution in [0.2, 0.25) is 0 Å². The number of anilines is 1. The number of nitrogens with zero attached hydrogens (tertiary/aromatic N) is 1. The Bertz CT molecular complexity index is 504. The van der Waals surface area contributed by atoms with Crippen molar-refractivity contribution in [2.24, 2.45) is 5.92 Å². The van der Waals surface area contributed by atoms with Crippen LogP contribution in [0.5, 0.6) is 11.5 Å². The highest BCUT2D eigenvalue weighted by Crippen LogP contribution is 2.32. The van der Waals surface area contributed by atoms with Gasteiger partial charge in [-0.2, -0.15) is 0 Å². The molecule has 1 unspecified atom stereocenters. The van der Waals surface area contributed by atoms with E-state index in [4.69, 9.17) is 9.47 Å². The molecule has 0 aliphatic carbocycles. The lowest BCUT2D eigenvalue weighted by Gasteiger charge is -2.28. The molecular formula is C15H20N2O3. The van der Waals surface area contributed by atoms with Crippen LogP contribution in [0.4, 0.5) is 5.69 Å². The van der Waals surface area contributed by atoms with Crippen molar-refractivity contribution in [3.05, 3.63) is 18.2 Å². The van der Waals surface area contributed by atoms with Crippen molar-refractivity contribution >= 4 is 11.6 Å². The summed E-state index contributed by atoms with van der Waals surface area (Å²) in [6, 6.07) is 5.54. The number of piperidine rings is 1. The molecule has 108 valence electrons. The summed E-state index contributed by atoms with van der Waals surface area (Å²) in [5.74, 6) is 1.61. The fraction of sp³-hybridized carbons (Fsp3) is 0.533. The number of likely N-dealkylation sites (tertiary alicyclic amines) is 1. The SMILES string of the molecule is CN1CCCC(C(=O)Nc2ccc3c(c2)OCCO3)C1. The molecule has 0 aromatic heterocycles. The number of nitrogens with one attached hydrogen (secondary N) is 1. The van der Waals surface area contributed by atoms with Gasteiger partial charge in [0.2, 0.25) is 5.91 Å². The fourth-order valence-electron chi connectivity index (χ4n) is 2.75. The molecule has 20 heavy (non-hydrogen) atoms.